The third kappa shape index (κ3) is 2.74. The second-order valence-electron chi connectivity index (χ2n) is 4.29. The van der Waals surface area contributed by atoms with Crippen LogP contribution in [0.15, 0.2) is 16.5 Å². The van der Waals surface area contributed by atoms with Gasteiger partial charge in [0, 0.05) is 12.6 Å². The van der Waals surface area contributed by atoms with E-state index in [1.807, 2.05) is 6.92 Å². The molecular formula is C11H15N3O5. The lowest BCUT2D eigenvalue weighted by Crippen LogP contribution is -2.64. The summed E-state index contributed by atoms with van der Waals surface area (Å²) in [6.45, 7) is 2.40. The normalized spacial score (nSPS) is 25.7. The van der Waals surface area contributed by atoms with Crippen molar-refractivity contribution in [3.63, 3.8) is 0 Å². The van der Waals surface area contributed by atoms with Gasteiger partial charge in [-0.2, -0.15) is 0 Å². The third-order valence-electron chi connectivity index (χ3n) is 3.04. The highest BCUT2D eigenvalue weighted by atomic mass is 16.6. The van der Waals surface area contributed by atoms with Crippen LogP contribution in [0.5, 0.6) is 0 Å². The molecule has 19 heavy (non-hydrogen) atoms. The first-order chi connectivity index (χ1) is 9.02. The maximum absolute atomic E-state index is 11.8. The lowest BCUT2D eigenvalue weighted by atomic mass is 9.83. The van der Waals surface area contributed by atoms with Crippen LogP contribution in [-0.2, 0) is 4.74 Å². The minimum atomic E-state index is -0.700. The number of nitro groups is 1. The average molecular weight is 269 g/mol. The average Bonchev–Trinajstić information content (AvgIpc) is 2.85. The largest absolute Gasteiger partial charge is 0.433 e. The first-order valence-corrected chi connectivity index (χ1v) is 5.95. The Hall–Kier alpha value is -1.93. The number of hydrogen-bond acceptors (Lipinski definition) is 6. The van der Waals surface area contributed by atoms with Crippen LogP contribution in [0.1, 0.15) is 23.9 Å². The minimum absolute atomic E-state index is 0.110. The van der Waals surface area contributed by atoms with Crippen LogP contribution in [0, 0.1) is 10.1 Å². The number of carbonyl (C=O) groups is 1. The SMILES string of the molecule is CCOC1CC(N)C1NC(=O)c1ccc([N+](=O)[O-])o1. The van der Waals surface area contributed by atoms with Crippen molar-refractivity contribution in [2.75, 3.05) is 6.61 Å². The molecule has 0 aromatic carbocycles. The van der Waals surface area contributed by atoms with E-state index in [1.165, 1.54) is 6.07 Å². The van der Waals surface area contributed by atoms with E-state index in [2.05, 4.69) is 5.32 Å². The Morgan fingerprint density at radius 1 is 1.68 bits per heavy atom. The highest BCUT2D eigenvalue weighted by molar-refractivity contribution is 5.92. The fourth-order valence-corrected chi connectivity index (χ4v) is 2.00. The molecule has 8 heteroatoms. The number of hydrogen-bond donors (Lipinski definition) is 2. The van der Waals surface area contributed by atoms with Crippen LogP contribution in [0.25, 0.3) is 0 Å². The Bertz CT molecular complexity index is 484. The number of nitrogens with zero attached hydrogens (tertiary/aromatic N) is 1. The Morgan fingerprint density at radius 3 is 2.95 bits per heavy atom. The molecule has 2 rings (SSSR count). The predicted molar refractivity (Wildman–Crippen MR) is 64.6 cm³/mol. The second kappa shape index (κ2) is 5.37. The van der Waals surface area contributed by atoms with E-state index in [0.717, 1.165) is 6.07 Å². The van der Waals surface area contributed by atoms with E-state index in [9.17, 15) is 14.9 Å². The molecule has 3 unspecified atom stereocenters. The minimum Gasteiger partial charge on any atom is -0.395 e. The molecule has 1 amide bonds. The summed E-state index contributed by atoms with van der Waals surface area (Å²) in [7, 11) is 0. The highest BCUT2D eigenvalue weighted by Gasteiger charge is 2.40. The lowest BCUT2D eigenvalue weighted by Gasteiger charge is -2.42. The van der Waals surface area contributed by atoms with Gasteiger partial charge in [0.1, 0.15) is 4.92 Å². The zero-order valence-corrected chi connectivity index (χ0v) is 10.4. The summed E-state index contributed by atoms with van der Waals surface area (Å²) in [5.41, 5.74) is 5.79. The molecule has 0 radical (unpaired) electrons. The van der Waals surface area contributed by atoms with Crippen LogP contribution in [0.2, 0.25) is 0 Å². The molecule has 8 nitrogen and oxygen atoms in total. The standard InChI is InChI=1S/C11H15N3O5/c1-2-18-8-5-6(12)10(8)13-11(15)7-3-4-9(19-7)14(16)17/h3-4,6,8,10H,2,5,12H2,1H3,(H,13,15). The first kappa shape index (κ1) is 13.5. The van der Waals surface area contributed by atoms with Gasteiger partial charge < -0.3 is 20.2 Å². The van der Waals surface area contributed by atoms with Crippen molar-refractivity contribution in [3.05, 3.63) is 28.0 Å². The van der Waals surface area contributed by atoms with Crippen molar-refractivity contribution in [1.29, 1.82) is 0 Å². The van der Waals surface area contributed by atoms with E-state index < -0.39 is 16.7 Å². The Balaban J connectivity index is 1.98. The smallest absolute Gasteiger partial charge is 0.395 e. The number of rotatable bonds is 5. The second-order valence-corrected chi connectivity index (χ2v) is 4.29. The number of furan rings is 1. The van der Waals surface area contributed by atoms with E-state index in [1.54, 1.807) is 0 Å². The zero-order valence-electron chi connectivity index (χ0n) is 10.4. The van der Waals surface area contributed by atoms with Gasteiger partial charge in [-0.3, -0.25) is 14.9 Å². The monoisotopic (exact) mass is 269 g/mol. The van der Waals surface area contributed by atoms with Gasteiger partial charge in [0.05, 0.1) is 18.2 Å². The van der Waals surface area contributed by atoms with Crippen LogP contribution >= 0.6 is 0 Å². The van der Waals surface area contributed by atoms with Gasteiger partial charge in [-0.25, -0.2) is 0 Å². The van der Waals surface area contributed by atoms with Crippen molar-refractivity contribution >= 4 is 11.8 Å². The van der Waals surface area contributed by atoms with Crippen molar-refractivity contribution in [1.82, 2.24) is 5.32 Å². The van der Waals surface area contributed by atoms with E-state index in [4.69, 9.17) is 14.9 Å². The maximum atomic E-state index is 11.8. The van der Waals surface area contributed by atoms with Gasteiger partial charge in [-0.05, 0) is 19.4 Å². The van der Waals surface area contributed by atoms with Crippen LogP contribution < -0.4 is 11.1 Å². The molecule has 0 saturated heterocycles. The molecule has 1 fully saturated rings. The fraction of sp³-hybridized carbons (Fsp3) is 0.545. The Kier molecular flexibility index (Phi) is 3.82. The zero-order chi connectivity index (χ0) is 14.0. The molecule has 1 heterocycles. The van der Waals surface area contributed by atoms with Crippen LogP contribution in [0.4, 0.5) is 5.88 Å². The van der Waals surface area contributed by atoms with Crippen molar-refractivity contribution < 1.29 is 18.9 Å². The molecule has 0 spiro atoms. The quantitative estimate of drug-likeness (QED) is 0.590. The summed E-state index contributed by atoms with van der Waals surface area (Å²) >= 11 is 0. The molecule has 0 aliphatic heterocycles. The molecule has 3 N–H and O–H groups in total. The lowest BCUT2D eigenvalue weighted by molar-refractivity contribution is -0.402. The molecule has 1 aliphatic rings. The van der Waals surface area contributed by atoms with E-state index in [-0.39, 0.29) is 23.9 Å². The Labute approximate surface area is 109 Å². The molecule has 104 valence electrons. The summed E-state index contributed by atoms with van der Waals surface area (Å²) < 4.78 is 10.2. The summed E-state index contributed by atoms with van der Waals surface area (Å²) in [5, 5.41) is 13.1. The van der Waals surface area contributed by atoms with E-state index >= 15 is 0 Å². The number of nitrogens with one attached hydrogen (secondary N) is 1. The van der Waals surface area contributed by atoms with Gasteiger partial charge in [-0.1, -0.05) is 0 Å². The molecule has 3 atom stereocenters. The summed E-state index contributed by atoms with van der Waals surface area (Å²) in [6, 6.07) is 1.92. The molecule has 1 aromatic rings. The number of ether oxygens (including phenoxy) is 1. The van der Waals surface area contributed by atoms with Gasteiger partial charge in [-0.15, -0.1) is 0 Å². The summed E-state index contributed by atoms with van der Waals surface area (Å²) in [6.07, 6.45) is 0.561. The fourth-order valence-electron chi connectivity index (χ4n) is 2.00. The van der Waals surface area contributed by atoms with Crippen molar-refractivity contribution in [3.8, 4) is 0 Å². The summed E-state index contributed by atoms with van der Waals surface area (Å²) in [4.78, 5) is 21.6. The maximum Gasteiger partial charge on any atom is 0.433 e. The van der Waals surface area contributed by atoms with Gasteiger partial charge in [0.15, 0.2) is 5.76 Å². The molecule has 1 aromatic heterocycles. The number of nitrogens with two attached hydrogens (primary N) is 1. The van der Waals surface area contributed by atoms with Gasteiger partial charge in [0.25, 0.3) is 5.91 Å². The first-order valence-electron chi connectivity index (χ1n) is 5.95. The third-order valence-corrected chi connectivity index (χ3v) is 3.04. The molecule has 0 bridgehead atoms. The number of carbonyl (C=O) groups excluding carboxylic acids is 1. The molecular weight excluding hydrogens is 254 g/mol. The van der Waals surface area contributed by atoms with Gasteiger partial charge >= 0.3 is 5.88 Å². The van der Waals surface area contributed by atoms with Crippen LogP contribution in [-0.4, -0.2) is 35.6 Å². The highest BCUT2D eigenvalue weighted by Crippen LogP contribution is 2.23. The predicted octanol–water partition coefficient (Wildman–Crippen LogP) is 0.422. The molecule has 1 aliphatic carbocycles. The van der Waals surface area contributed by atoms with Crippen molar-refractivity contribution in [2.45, 2.75) is 31.5 Å². The molecule has 1 saturated carbocycles. The van der Waals surface area contributed by atoms with E-state index in [0.29, 0.717) is 13.0 Å². The van der Waals surface area contributed by atoms with Gasteiger partial charge in [0.2, 0.25) is 0 Å². The Morgan fingerprint density at radius 2 is 2.42 bits per heavy atom. The number of amides is 1. The van der Waals surface area contributed by atoms with Crippen LogP contribution in [0.3, 0.4) is 0 Å². The van der Waals surface area contributed by atoms with Crippen molar-refractivity contribution in [2.24, 2.45) is 5.73 Å². The summed E-state index contributed by atoms with van der Waals surface area (Å²) in [5.74, 6) is -1.11. The topological polar surface area (TPSA) is 121 Å².